The van der Waals surface area contributed by atoms with Crippen molar-refractivity contribution in [2.24, 2.45) is 0 Å². The van der Waals surface area contributed by atoms with Gasteiger partial charge < -0.3 is 9.88 Å². The molecule has 1 saturated heterocycles. The van der Waals surface area contributed by atoms with E-state index < -0.39 is 0 Å². The SMILES string of the molecule is CCc1ccc(-n2c(C)cc(/C=C3/NC(=O)N(Cc4cccc(C)c4)C3=O)c2C)cc1. The monoisotopic (exact) mass is 413 g/mol. The molecular weight excluding hydrogens is 386 g/mol. The topological polar surface area (TPSA) is 54.3 Å². The molecule has 0 bridgehead atoms. The third kappa shape index (κ3) is 4.04. The van der Waals surface area contributed by atoms with Crippen molar-refractivity contribution >= 4 is 18.0 Å². The Morgan fingerprint density at radius 1 is 0.935 bits per heavy atom. The molecule has 1 aliphatic heterocycles. The third-order valence-corrected chi connectivity index (χ3v) is 5.76. The van der Waals surface area contributed by atoms with Gasteiger partial charge in [-0.3, -0.25) is 9.69 Å². The molecule has 1 aromatic heterocycles. The van der Waals surface area contributed by atoms with Crippen LogP contribution in [0.25, 0.3) is 11.8 Å². The van der Waals surface area contributed by atoms with Crippen molar-refractivity contribution in [2.45, 2.75) is 40.7 Å². The molecule has 2 aromatic carbocycles. The van der Waals surface area contributed by atoms with Gasteiger partial charge in [0.1, 0.15) is 5.70 Å². The van der Waals surface area contributed by atoms with Crippen LogP contribution in [0.4, 0.5) is 4.79 Å². The van der Waals surface area contributed by atoms with E-state index in [4.69, 9.17) is 0 Å². The zero-order chi connectivity index (χ0) is 22.1. The van der Waals surface area contributed by atoms with Crippen LogP contribution in [0, 0.1) is 20.8 Å². The second-order valence-corrected chi connectivity index (χ2v) is 8.05. The molecule has 0 atom stereocenters. The van der Waals surface area contributed by atoms with Crippen molar-refractivity contribution in [3.63, 3.8) is 0 Å². The van der Waals surface area contributed by atoms with Crippen LogP contribution in [0.2, 0.25) is 0 Å². The Hall–Kier alpha value is -3.60. The lowest BCUT2D eigenvalue weighted by atomic mass is 10.1. The molecule has 0 radical (unpaired) electrons. The zero-order valence-corrected chi connectivity index (χ0v) is 18.4. The van der Waals surface area contributed by atoms with Gasteiger partial charge in [0.05, 0.1) is 6.54 Å². The molecule has 0 aliphatic carbocycles. The number of carbonyl (C=O) groups excluding carboxylic acids is 2. The molecule has 5 nitrogen and oxygen atoms in total. The normalized spacial score (nSPS) is 15.1. The summed E-state index contributed by atoms with van der Waals surface area (Å²) in [6.07, 6.45) is 2.78. The van der Waals surface area contributed by atoms with Crippen molar-refractivity contribution in [3.8, 4) is 5.69 Å². The van der Waals surface area contributed by atoms with E-state index in [1.54, 1.807) is 6.08 Å². The fraction of sp³-hybridized carbons (Fsp3) is 0.231. The minimum Gasteiger partial charge on any atom is -0.318 e. The van der Waals surface area contributed by atoms with Gasteiger partial charge in [-0.05, 0) is 68.2 Å². The van der Waals surface area contributed by atoms with Gasteiger partial charge >= 0.3 is 6.03 Å². The van der Waals surface area contributed by atoms with E-state index in [0.29, 0.717) is 5.70 Å². The lowest BCUT2D eigenvalue weighted by molar-refractivity contribution is -0.123. The Kier molecular flexibility index (Phi) is 5.51. The van der Waals surface area contributed by atoms with Crippen molar-refractivity contribution in [3.05, 3.63) is 93.9 Å². The van der Waals surface area contributed by atoms with Gasteiger partial charge in [-0.15, -0.1) is 0 Å². The summed E-state index contributed by atoms with van der Waals surface area (Å²) in [5.41, 5.74) is 7.71. The maximum atomic E-state index is 12.9. The number of nitrogens with one attached hydrogen (secondary N) is 1. The highest BCUT2D eigenvalue weighted by Crippen LogP contribution is 2.25. The molecule has 1 N–H and O–H groups in total. The number of aryl methyl sites for hydroxylation is 3. The summed E-state index contributed by atoms with van der Waals surface area (Å²) in [4.78, 5) is 26.6. The lowest BCUT2D eigenvalue weighted by Gasteiger charge is -2.12. The molecule has 5 heteroatoms. The van der Waals surface area contributed by atoms with E-state index in [9.17, 15) is 9.59 Å². The predicted molar refractivity (Wildman–Crippen MR) is 123 cm³/mol. The van der Waals surface area contributed by atoms with E-state index in [2.05, 4.69) is 41.1 Å². The van der Waals surface area contributed by atoms with Crippen LogP contribution in [0.3, 0.4) is 0 Å². The van der Waals surface area contributed by atoms with E-state index in [1.165, 1.54) is 10.5 Å². The van der Waals surface area contributed by atoms with Crippen LogP contribution in [-0.4, -0.2) is 21.4 Å². The average Bonchev–Trinajstić information content (AvgIpc) is 3.17. The average molecular weight is 414 g/mol. The summed E-state index contributed by atoms with van der Waals surface area (Å²) in [6.45, 7) is 8.46. The quantitative estimate of drug-likeness (QED) is 0.470. The number of amides is 3. The summed E-state index contributed by atoms with van der Waals surface area (Å²) < 4.78 is 2.16. The Labute approximate surface area is 183 Å². The molecule has 0 spiro atoms. The van der Waals surface area contributed by atoms with Crippen LogP contribution in [0.1, 0.15) is 40.6 Å². The predicted octanol–water partition coefficient (Wildman–Crippen LogP) is 5.06. The van der Waals surface area contributed by atoms with Gasteiger partial charge in [0.2, 0.25) is 0 Å². The number of carbonyl (C=O) groups is 2. The molecule has 0 unspecified atom stereocenters. The molecule has 158 valence electrons. The number of nitrogens with zero attached hydrogens (tertiary/aromatic N) is 2. The molecule has 2 heterocycles. The minimum absolute atomic E-state index is 0.256. The van der Waals surface area contributed by atoms with Gasteiger partial charge in [0.25, 0.3) is 5.91 Å². The summed E-state index contributed by atoms with van der Waals surface area (Å²) in [7, 11) is 0. The number of urea groups is 1. The first-order valence-electron chi connectivity index (χ1n) is 10.6. The van der Waals surface area contributed by atoms with Crippen LogP contribution in [0.5, 0.6) is 0 Å². The Morgan fingerprint density at radius 3 is 2.35 bits per heavy atom. The van der Waals surface area contributed by atoms with Gasteiger partial charge in [0.15, 0.2) is 0 Å². The first-order valence-corrected chi connectivity index (χ1v) is 10.6. The number of hydrogen-bond donors (Lipinski definition) is 1. The molecule has 3 aromatic rings. The van der Waals surface area contributed by atoms with Crippen LogP contribution < -0.4 is 5.32 Å². The summed E-state index contributed by atoms with van der Waals surface area (Å²) in [5.74, 6) is -0.302. The Bertz CT molecular complexity index is 1190. The maximum absolute atomic E-state index is 12.9. The maximum Gasteiger partial charge on any atom is 0.329 e. The van der Waals surface area contributed by atoms with E-state index >= 15 is 0 Å². The van der Waals surface area contributed by atoms with E-state index in [0.717, 1.165) is 40.2 Å². The summed E-state index contributed by atoms with van der Waals surface area (Å²) >= 11 is 0. The first kappa shape index (κ1) is 20.7. The van der Waals surface area contributed by atoms with Crippen molar-refractivity contribution in [1.82, 2.24) is 14.8 Å². The molecular formula is C26H27N3O2. The van der Waals surface area contributed by atoms with Crippen molar-refractivity contribution < 1.29 is 9.59 Å². The standard InChI is InChI=1S/C26H27N3O2/c1-5-20-9-11-23(12-10-20)29-18(3)14-22(19(29)4)15-24-25(30)28(26(31)27-24)16-21-8-6-7-17(2)13-21/h6-15H,5,16H2,1-4H3,(H,27,31)/b24-15+. The second-order valence-electron chi connectivity index (χ2n) is 8.05. The number of imide groups is 1. The smallest absolute Gasteiger partial charge is 0.318 e. The lowest BCUT2D eigenvalue weighted by Crippen LogP contribution is -2.30. The molecule has 4 rings (SSSR count). The van der Waals surface area contributed by atoms with E-state index in [-0.39, 0.29) is 18.5 Å². The highest BCUT2D eigenvalue weighted by molar-refractivity contribution is 6.14. The highest BCUT2D eigenvalue weighted by atomic mass is 16.2. The Balaban J connectivity index is 1.61. The van der Waals surface area contributed by atoms with Gasteiger partial charge in [-0.25, -0.2) is 4.79 Å². The highest BCUT2D eigenvalue weighted by Gasteiger charge is 2.33. The first-order chi connectivity index (χ1) is 14.9. The Morgan fingerprint density at radius 2 is 1.68 bits per heavy atom. The van der Waals surface area contributed by atoms with Crippen molar-refractivity contribution in [1.29, 1.82) is 0 Å². The zero-order valence-electron chi connectivity index (χ0n) is 18.4. The van der Waals surface area contributed by atoms with Crippen LogP contribution in [0.15, 0.2) is 60.3 Å². The largest absolute Gasteiger partial charge is 0.329 e. The van der Waals surface area contributed by atoms with Gasteiger partial charge in [-0.1, -0.05) is 48.9 Å². The summed E-state index contributed by atoms with van der Waals surface area (Å²) in [6, 6.07) is 18.0. The van der Waals surface area contributed by atoms with E-state index in [1.807, 2.05) is 51.1 Å². The number of benzene rings is 2. The van der Waals surface area contributed by atoms with Gasteiger partial charge in [0, 0.05) is 17.1 Å². The molecule has 31 heavy (non-hydrogen) atoms. The number of hydrogen-bond acceptors (Lipinski definition) is 2. The molecule has 0 saturated carbocycles. The number of aromatic nitrogens is 1. The molecule has 1 aliphatic rings. The number of rotatable bonds is 5. The summed E-state index contributed by atoms with van der Waals surface area (Å²) in [5, 5.41) is 2.74. The van der Waals surface area contributed by atoms with Crippen LogP contribution in [-0.2, 0) is 17.8 Å². The fourth-order valence-corrected chi connectivity index (χ4v) is 4.08. The van der Waals surface area contributed by atoms with Crippen LogP contribution >= 0.6 is 0 Å². The second kappa shape index (κ2) is 8.26. The molecule has 3 amide bonds. The molecule has 1 fully saturated rings. The van der Waals surface area contributed by atoms with Crippen molar-refractivity contribution in [2.75, 3.05) is 0 Å². The minimum atomic E-state index is -0.387. The van der Waals surface area contributed by atoms with Gasteiger partial charge in [-0.2, -0.15) is 0 Å². The fourth-order valence-electron chi connectivity index (χ4n) is 4.08. The third-order valence-electron chi connectivity index (χ3n) is 5.76.